The minimum Gasteiger partial charge on any atom is -0.311 e. The number of nitrogens with zero attached hydrogens (tertiary/aromatic N) is 2. The monoisotopic (exact) mass is 353 g/mol. The summed E-state index contributed by atoms with van der Waals surface area (Å²) < 4.78 is 3.31. The molecule has 21 heavy (non-hydrogen) atoms. The number of nitrogens with one attached hydrogen (secondary N) is 1. The molecular weight excluding hydrogens is 326 g/mol. The van der Waals surface area contributed by atoms with E-state index in [0.29, 0.717) is 6.04 Å². The third kappa shape index (κ3) is 3.07. The fourth-order valence-corrected chi connectivity index (χ4v) is 5.28. The van der Waals surface area contributed by atoms with Crippen LogP contribution in [-0.2, 0) is 6.54 Å². The summed E-state index contributed by atoms with van der Waals surface area (Å²) in [6.07, 6.45) is 12.0. The molecule has 2 saturated carbocycles. The lowest BCUT2D eigenvalue weighted by Gasteiger charge is -2.42. The van der Waals surface area contributed by atoms with Gasteiger partial charge in [-0.3, -0.25) is 4.68 Å². The van der Waals surface area contributed by atoms with E-state index in [0.717, 1.165) is 28.8 Å². The first kappa shape index (κ1) is 15.5. The molecule has 3 rings (SSSR count). The van der Waals surface area contributed by atoms with E-state index >= 15 is 0 Å². The third-order valence-electron chi connectivity index (χ3n) is 5.79. The van der Waals surface area contributed by atoms with Crippen molar-refractivity contribution in [2.75, 3.05) is 7.05 Å². The second kappa shape index (κ2) is 6.82. The molecule has 0 bridgehead atoms. The highest BCUT2D eigenvalue weighted by Gasteiger charge is 2.36. The lowest BCUT2D eigenvalue weighted by molar-refractivity contribution is 0.109. The summed E-state index contributed by atoms with van der Waals surface area (Å²) in [5.74, 6) is 2.75. The normalized spacial score (nSPS) is 30.9. The van der Waals surface area contributed by atoms with Crippen LogP contribution in [0.1, 0.15) is 63.6 Å². The van der Waals surface area contributed by atoms with E-state index in [9.17, 15) is 0 Å². The topological polar surface area (TPSA) is 29.9 Å². The van der Waals surface area contributed by atoms with Crippen molar-refractivity contribution in [3.8, 4) is 0 Å². The number of hydrogen-bond donors (Lipinski definition) is 1. The highest BCUT2D eigenvalue weighted by atomic mass is 79.9. The number of halogens is 1. The smallest absolute Gasteiger partial charge is 0.0698 e. The van der Waals surface area contributed by atoms with Crippen molar-refractivity contribution in [1.82, 2.24) is 15.1 Å². The first-order chi connectivity index (χ1) is 10.2. The molecule has 2 fully saturated rings. The molecule has 2 aliphatic rings. The van der Waals surface area contributed by atoms with Crippen molar-refractivity contribution in [2.24, 2.45) is 17.8 Å². The molecule has 0 aromatic carbocycles. The van der Waals surface area contributed by atoms with Crippen LogP contribution >= 0.6 is 15.9 Å². The van der Waals surface area contributed by atoms with Crippen molar-refractivity contribution >= 4 is 15.9 Å². The van der Waals surface area contributed by atoms with Crippen LogP contribution in [0.3, 0.4) is 0 Å². The Kier molecular flexibility index (Phi) is 5.05. The zero-order chi connectivity index (χ0) is 14.8. The van der Waals surface area contributed by atoms with E-state index in [4.69, 9.17) is 0 Å². The van der Waals surface area contributed by atoms with Crippen molar-refractivity contribution in [1.29, 1.82) is 0 Å². The van der Waals surface area contributed by atoms with Gasteiger partial charge in [-0.25, -0.2) is 0 Å². The highest BCUT2D eigenvalue weighted by molar-refractivity contribution is 9.10. The molecule has 0 amide bonds. The summed E-state index contributed by atoms with van der Waals surface area (Å²) in [6, 6.07) is 0.435. The lowest BCUT2D eigenvalue weighted by atomic mass is 9.66. The quantitative estimate of drug-likeness (QED) is 0.861. The van der Waals surface area contributed by atoms with Crippen LogP contribution in [0.15, 0.2) is 10.7 Å². The van der Waals surface area contributed by atoms with Gasteiger partial charge in [-0.15, -0.1) is 0 Å². The molecule has 4 heteroatoms. The minimum absolute atomic E-state index is 0.435. The van der Waals surface area contributed by atoms with Crippen LogP contribution in [0, 0.1) is 17.8 Å². The molecule has 0 aliphatic heterocycles. The van der Waals surface area contributed by atoms with Crippen molar-refractivity contribution < 1.29 is 0 Å². The van der Waals surface area contributed by atoms with E-state index in [2.05, 4.69) is 45.0 Å². The predicted octanol–water partition coefficient (Wildman–Crippen LogP) is 4.53. The molecule has 0 radical (unpaired) electrons. The molecule has 1 heterocycles. The fourth-order valence-electron chi connectivity index (χ4n) is 4.74. The van der Waals surface area contributed by atoms with Gasteiger partial charge in [0, 0.05) is 6.54 Å². The largest absolute Gasteiger partial charge is 0.311 e. The molecule has 118 valence electrons. The fraction of sp³-hybridized carbons (Fsp3) is 0.824. The van der Waals surface area contributed by atoms with E-state index < -0.39 is 0 Å². The summed E-state index contributed by atoms with van der Waals surface area (Å²) in [4.78, 5) is 0. The Hall–Kier alpha value is -0.350. The van der Waals surface area contributed by atoms with Gasteiger partial charge in [-0.2, -0.15) is 5.10 Å². The summed E-state index contributed by atoms with van der Waals surface area (Å²) in [6.45, 7) is 3.12. The molecular formula is C17H28BrN3. The second-order valence-electron chi connectivity index (χ2n) is 6.84. The van der Waals surface area contributed by atoms with Gasteiger partial charge in [-0.1, -0.05) is 25.7 Å². The average molecular weight is 354 g/mol. The zero-order valence-corrected chi connectivity index (χ0v) is 14.9. The Morgan fingerprint density at radius 3 is 2.76 bits per heavy atom. The van der Waals surface area contributed by atoms with Gasteiger partial charge >= 0.3 is 0 Å². The number of hydrogen-bond acceptors (Lipinski definition) is 2. The van der Waals surface area contributed by atoms with Crippen LogP contribution in [0.5, 0.6) is 0 Å². The van der Waals surface area contributed by atoms with Gasteiger partial charge in [0.1, 0.15) is 0 Å². The minimum atomic E-state index is 0.435. The van der Waals surface area contributed by atoms with Crippen LogP contribution < -0.4 is 5.32 Å². The zero-order valence-electron chi connectivity index (χ0n) is 13.3. The van der Waals surface area contributed by atoms with Crippen LogP contribution in [0.4, 0.5) is 0 Å². The maximum atomic E-state index is 4.51. The van der Waals surface area contributed by atoms with Gasteiger partial charge in [0.25, 0.3) is 0 Å². The highest BCUT2D eigenvalue weighted by Crippen LogP contribution is 2.46. The Labute approximate surface area is 137 Å². The number of aryl methyl sites for hydroxylation is 1. The molecule has 4 unspecified atom stereocenters. The van der Waals surface area contributed by atoms with Crippen molar-refractivity contribution in [3.05, 3.63) is 16.4 Å². The van der Waals surface area contributed by atoms with Crippen LogP contribution in [0.2, 0.25) is 0 Å². The molecule has 0 saturated heterocycles. The van der Waals surface area contributed by atoms with Crippen LogP contribution in [-0.4, -0.2) is 16.8 Å². The third-order valence-corrected chi connectivity index (χ3v) is 6.40. The number of rotatable bonds is 4. The van der Waals surface area contributed by atoms with E-state index in [1.165, 1.54) is 50.6 Å². The molecule has 1 aromatic heterocycles. The summed E-state index contributed by atoms with van der Waals surface area (Å²) in [7, 11) is 2.11. The average Bonchev–Trinajstić information content (AvgIpc) is 2.89. The first-order valence-electron chi connectivity index (χ1n) is 8.63. The second-order valence-corrected chi connectivity index (χ2v) is 7.69. The first-order valence-corrected chi connectivity index (χ1v) is 9.42. The molecule has 2 aliphatic carbocycles. The Morgan fingerprint density at radius 1 is 1.29 bits per heavy atom. The standard InChI is InChI=1S/C17H28BrN3/c1-3-21-17(15(18)11-20-21)16(19-2)14-9-8-12-6-4-5-7-13(12)10-14/h11-14,16,19H,3-10H2,1-2H3. The predicted molar refractivity (Wildman–Crippen MR) is 90.2 cm³/mol. The molecule has 1 N–H and O–H groups in total. The maximum Gasteiger partial charge on any atom is 0.0698 e. The van der Waals surface area contributed by atoms with Crippen molar-refractivity contribution in [3.63, 3.8) is 0 Å². The molecule has 0 spiro atoms. The van der Waals surface area contributed by atoms with E-state index in [1.54, 1.807) is 0 Å². The Balaban J connectivity index is 1.78. The van der Waals surface area contributed by atoms with Crippen molar-refractivity contribution in [2.45, 2.75) is 64.5 Å². The van der Waals surface area contributed by atoms with Gasteiger partial charge in [0.15, 0.2) is 0 Å². The number of aromatic nitrogens is 2. The van der Waals surface area contributed by atoms with E-state index in [-0.39, 0.29) is 0 Å². The summed E-state index contributed by atoms with van der Waals surface area (Å²) in [5.41, 5.74) is 1.35. The Bertz CT molecular complexity index is 471. The molecule has 4 atom stereocenters. The summed E-state index contributed by atoms with van der Waals surface area (Å²) >= 11 is 3.71. The SMILES string of the molecule is CCn1ncc(Br)c1C(NC)C1CCC2CCCCC2C1. The lowest BCUT2D eigenvalue weighted by Crippen LogP contribution is -2.35. The molecule has 1 aromatic rings. The Morgan fingerprint density at radius 2 is 2.05 bits per heavy atom. The van der Waals surface area contributed by atoms with Gasteiger partial charge in [0.05, 0.1) is 22.4 Å². The maximum absolute atomic E-state index is 4.51. The van der Waals surface area contributed by atoms with E-state index in [1.807, 2.05) is 6.20 Å². The van der Waals surface area contributed by atoms with Gasteiger partial charge in [0.2, 0.25) is 0 Å². The van der Waals surface area contributed by atoms with Crippen LogP contribution in [0.25, 0.3) is 0 Å². The molecule has 3 nitrogen and oxygen atoms in total. The number of fused-ring (bicyclic) bond motifs is 1. The summed E-state index contributed by atoms with van der Waals surface area (Å²) in [5, 5.41) is 8.10. The van der Waals surface area contributed by atoms with Gasteiger partial charge in [-0.05, 0) is 66.9 Å². The van der Waals surface area contributed by atoms with Gasteiger partial charge < -0.3 is 5.32 Å².